The number of benzene rings is 2. The normalized spacial score (nSPS) is 12.3. The van der Waals surface area contributed by atoms with Crippen molar-refractivity contribution < 1.29 is 9.59 Å². The number of nitrogens with zero attached hydrogens (tertiary/aromatic N) is 1. The fourth-order valence-corrected chi connectivity index (χ4v) is 4.52. The van der Waals surface area contributed by atoms with Gasteiger partial charge in [0.25, 0.3) is 0 Å². The first-order valence-electron chi connectivity index (χ1n) is 10.1. The van der Waals surface area contributed by atoms with Gasteiger partial charge in [0.2, 0.25) is 11.8 Å². The van der Waals surface area contributed by atoms with E-state index in [1.807, 2.05) is 87.7 Å². The Labute approximate surface area is 191 Å². The fourth-order valence-electron chi connectivity index (χ4n) is 2.87. The van der Waals surface area contributed by atoms with E-state index in [2.05, 4.69) is 15.6 Å². The summed E-state index contributed by atoms with van der Waals surface area (Å²) in [5.41, 5.74) is 2.53. The number of carbonyl (C=O) groups is 2. The van der Waals surface area contributed by atoms with Crippen molar-refractivity contribution in [2.24, 2.45) is 5.41 Å². The lowest BCUT2D eigenvalue weighted by Crippen LogP contribution is -2.22. The first kappa shape index (κ1) is 23.0. The number of aromatic nitrogens is 1. The summed E-state index contributed by atoms with van der Waals surface area (Å²) in [4.78, 5) is 30.3. The standard InChI is InChI=1S/C24H27N3O2S2/c1-16(22(29)27-23-26-20(15-30-23)17-9-6-5-7-10-17)31-19-12-8-11-18(13-19)25-21(28)14-24(2,3)4/h5-13,15-16H,14H2,1-4H3,(H,25,28)(H,26,27,29). The van der Waals surface area contributed by atoms with Crippen molar-refractivity contribution in [1.82, 2.24) is 4.98 Å². The molecule has 0 bridgehead atoms. The van der Waals surface area contributed by atoms with Crippen molar-refractivity contribution in [2.75, 3.05) is 10.6 Å². The minimum absolute atomic E-state index is 0.0153. The summed E-state index contributed by atoms with van der Waals surface area (Å²) in [6.07, 6.45) is 0.446. The lowest BCUT2D eigenvalue weighted by atomic mass is 9.92. The van der Waals surface area contributed by atoms with Crippen molar-refractivity contribution in [1.29, 1.82) is 0 Å². The molecular weight excluding hydrogens is 426 g/mol. The molecule has 162 valence electrons. The van der Waals surface area contributed by atoms with Crippen molar-refractivity contribution >= 4 is 45.7 Å². The first-order chi connectivity index (χ1) is 14.7. The van der Waals surface area contributed by atoms with Crippen molar-refractivity contribution in [3.8, 4) is 11.3 Å². The van der Waals surface area contributed by atoms with E-state index in [-0.39, 0.29) is 22.5 Å². The van der Waals surface area contributed by atoms with Crippen LogP contribution >= 0.6 is 23.1 Å². The third-order valence-electron chi connectivity index (χ3n) is 4.29. The maximum absolute atomic E-state index is 12.6. The van der Waals surface area contributed by atoms with E-state index in [4.69, 9.17) is 0 Å². The summed E-state index contributed by atoms with van der Waals surface area (Å²) in [6.45, 7) is 7.95. The maximum atomic E-state index is 12.6. The van der Waals surface area contributed by atoms with Gasteiger partial charge in [-0.25, -0.2) is 4.98 Å². The molecule has 2 amide bonds. The molecule has 7 heteroatoms. The zero-order valence-corrected chi connectivity index (χ0v) is 19.8. The molecule has 0 fully saturated rings. The topological polar surface area (TPSA) is 71.1 Å². The Hall–Kier alpha value is -2.64. The molecule has 1 heterocycles. The van der Waals surface area contributed by atoms with Crippen LogP contribution in [-0.4, -0.2) is 22.0 Å². The van der Waals surface area contributed by atoms with Crippen molar-refractivity contribution in [3.05, 3.63) is 60.0 Å². The molecule has 2 aromatic carbocycles. The molecule has 0 aliphatic heterocycles. The average molecular weight is 454 g/mol. The van der Waals surface area contributed by atoms with Crippen LogP contribution in [-0.2, 0) is 9.59 Å². The minimum Gasteiger partial charge on any atom is -0.326 e. The van der Waals surface area contributed by atoms with Crippen molar-refractivity contribution in [3.63, 3.8) is 0 Å². The van der Waals surface area contributed by atoms with Crippen molar-refractivity contribution in [2.45, 2.75) is 44.3 Å². The highest BCUT2D eigenvalue weighted by Crippen LogP contribution is 2.29. The van der Waals surface area contributed by atoms with Gasteiger partial charge in [0.05, 0.1) is 10.9 Å². The van der Waals surface area contributed by atoms with Crippen LogP contribution in [0.1, 0.15) is 34.1 Å². The SMILES string of the molecule is CC(Sc1cccc(NC(=O)CC(C)(C)C)c1)C(=O)Nc1nc(-c2ccccc2)cs1. The van der Waals surface area contributed by atoms with E-state index in [0.29, 0.717) is 11.6 Å². The molecule has 31 heavy (non-hydrogen) atoms. The molecule has 5 nitrogen and oxygen atoms in total. The van der Waals surface area contributed by atoms with Gasteiger partial charge in [0.1, 0.15) is 0 Å². The molecule has 0 aliphatic carbocycles. The van der Waals surface area contributed by atoms with E-state index >= 15 is 0 Å². The number of thiazole rings is 1. The van der Waals surface area contributed by atoms with Gasteiger partial charge in [-0.15, -0.1) is 23.1 Å². The Morgan fingerprint density at radius 2 is 1.81 bits per heavy atom. The Morgan fingerprint density at radius 3 is 2.52 bits per heavy atom. The summed E-state index contributed by atoms with van der Waals surface area (Å²) in [5.74, 6) is -0.125. The second-order valence-corrected chi connectivity index (χ2v) is 10.7. The predicted molar refractivity (Wildman–Crippen MR) is 131 cm³/mol. The van der Waals surface area contributed by atoms with Gasteiger partial charge >= 0.3 is 0 Å². The largest absolute Gasteiger partial charge is 0.326 e. The van der Waals surface area contributed by atoms with Crippen LogP contribution in [0.5, 0.6) is 0 Å². The van der Waals surface area contributed by atoms with Crippen LogP contribution in [0.2, 0.25) is 0 Å². The number of carbonyl (C=O) groups excluding carboxylic acids is 2. The molecular formula is C24H27N3O2S2. The van der Waals surface area contributed by atoms with E-state index in [1.54, 1.807) is 0 Å². The summed E-state index contributed by atoms with van der Waals surface area (Å²) < 4.78 is 0. The van der Waals surface area contributed by atoms with E-state index in [9.17, 15) is 9.59 Å². The van der Waals surface area contributed by atoms with E-state index in [1.165, 1.54) is 23.1 Å². The molecule has 1 atom stereocenters. The number of amides is 2. The summed E-state index contributed by atoms with van der Waals surface area (Å²) in [7, 11) is 0. The van der Waals surface area contributed by atoms with E-state index < -0.39 is 0 Å². The Balaban J connectivity index is 1.57. The molecule has 3 rings (SSSR count). The van der Waals surface area contributed by atoms with Crippen LogP contribution in [0.15, 0.2) is 64.9 Å². The second kappa shape index (κ2) is 10.1. The van der Waals surface area contributed by atoms with Gasteiger partial charge < -0.3 is 10.6 Å². The summed E-state index contributed by atoms with van der Waals surface area (Å²) in [5, 5.41) is 8.05. The summed E-state index contributed by atoms with van der Waals surface area (Å²) in [6, 6.07) is 17.4. The predicted octanol–water partition coefficient (Wildman–Crippen LogP) is 6.30. The molecule has 0 saturated heterocycles. The molecule has 0 aliphatic rings. The lowest BCUT2D eigenvalue weighted by Gasteiger charge is -2.17. The molecule has 1 unspecified atom stereocenters. The zero-order valence-electron chi connectivity index (χ0n) is 18.1. The molecule has 0 spiro atoms. The third kappa shape index (κ3) is 7.22. The molecule has 1 aromatic heterocycles. The molecule has 2 N–H and O–H groups in total. The number of thioether (sulfide) groups is 1. The van der Waals surface area contributed by atoms with Gasteiger partial charge in [0, 0.05) is 27.9 Å². The number of hydrogen-bond donors (Lipinski definition) is 2. The highest BCUT2D eigenvalue weighted by molar-refractivity contribution is 8.00. The van der Waals surface area contributed by atoms with Crippen LogP contribution in [0.25, 0.3) is 11.3 Å². The number of hydrogen-bond acceptors (Lipinski definition) is 5. The lowest BCUT2D eigenvalue weighted by molar-refractivity contribution is -0.118. The minimum atomic E-state index is -0.315. The fraction of sp³-hybridized carbons (Fsp3) is 0.292. The number of rotatable bonds is 7. The number of anilines is 2. The molecule has 0 radical (unpaired) electrons. The van der Waals surface area contributed by atoms with Crippen LogP contribution in [0, 0.1) is 5.41 Å². The molecule has 0 saturated carbocycles. The van der Waals surface area contributed by atoms with Gasteiger partial charge in [-0.3, -0.25) is 9.59 Å². The van der Waals surface area contributed by atoms with Gasteiger partial charge in [-0.2, -0.15) is 0 Å². The highest BCUT2D eigenvalue weighted by Gasteiger charge is 2.18. The zero-order chi connectivity index (χ0) is 22.4. The van der Waals surface area contributed by atoms with Crippen LogP contribution in [0.3, 0.4) is 0 Å². The van der Waals surface area contributed by atoms with Gasteiger partial charge in [-0.1, -0.05) is 57.2 Å². The first-order valence-corrected chi connectivity index (χ1v) is 11.8. The van der Waals surface area contributed by atoms with Gasteiger partial charge in [0.15, 0.2) is 5.13 Å². The maximum Gasteiger partial charge on any atom is 0.239 e. The third-order valence-corrected chi connectivity index (χ3v) is 6.15. The quantitative estimate of drug-likeness (QED) is 0.412. The average Bonchev–Trinajstić information content (AvgIpc) is 3.16. The van der Waals surface area contributed by atoms with Gasteiger partial charge in [-0.05, 0) is 30.5 Å². The Bertz CT molecular complexity index is 1040. The van der Waals surface area contributed by atoms with E-state index in [0.717, 1.165) is 21.8 Å². The van der Waals surface area contributed by atoms with Crippen LogP contribution < -0.4 is 10.6 Å². The number of nitrogens with one attached hydrogen (secondary N) is 2. The smallest absolute Gasteiger partial charge is 0.239 e. The Morgan fingerprint density at radius 1 is 1.06 bits per heavy atom. The summed E-state index contributed by atoms with van der Waals surface area (Å²) >= 11 is 2.85. The Kier molecular flexibility index (Phi) is 7.51. The van der Waals surface area contributed by atoms with Crippen LogP contribution in [0.4, 0.5) is 10.8 Å². The molecule has 3 aromatic rings. The second-order valence-electron chi connectivity index (χ2n) is 8.47. The highest BCUT2D eigenvalue weighted by atomic mass is 32.2. The monoisotopic (exact) mass is 453 g/mol.